The van der Waals surface area contributed by atoms with E-state index in [0.717, 1.165) is 0 Å². The van der Waals surface area contributed by atoms with Gasteiger partial charge in [0.05, 0.1) is 18.1 Å². The van der Waals surface area contributed by atoms with E-state index in [0.29, 0.717) is 11.3 Å². The van der Waals surface area contributed by atoms with Gasteiger partial charge in [0, 0.05) is 12.1 Å². The van der Waals surface area contributed by atoms with E-state index in [2.05, 4.69) is 5.32 Å². The van der Waals surface area contributed by atoms with Crippen molar-refractivity contribution in [1.29, 1.82) is 5.26 Å². The van der Waals surface area contributed by atoms with E-state index in [1.165, 1.54) is 6.07 Å². The van der Waals surface area contributed by atoms with Crippen LogP contribution in [0.5, 0.6) is 5.75 Å². The van der Waals surface area contributed by atoms with Gasteiger partial charge in [0.15, 0.2) is 6.61 Å². The van der Waals surface area contributed by atoms with Gasteiger partial charge in [-0.2, -0.15) is 5.26 Å². The van der Waals surface area contributed by atoms with Gasteiger partial charge in [0.1, 0.15) is 5.75 Å². The van der Waals surface area contributed by atoms with Crippen LogP contribution in [0.4, 0.5) is 0 Å². The molecule has 0 bridgehead atoms. The van der Waals surface area contributed by atoms with Gasteiger partial charge in [0.2, 0.25) is 0 Å². The van der Waals surface area contributed by atoms with Crippen LogP contribution >= 0.6 is 0 Å². The number of nitrogens with one attached hydrogen (secondary N) is 1. The first-order valence-corrected chi connectivity index (χ1v) is 5.65. The summed E-state index contributed by atoms with van der Waals surface area (Å²) in [5.41, 5.74) is 0.613. The van der Waals surface area contributed by atoms with Crippen molar-refractivity contribution in [3.8, 4) is 11.8 Å². The van der Waals surface area contributed by atoms with Gasteiger partial charge in [-0.3, -0.25) is 4.79 Å². The maximum absolute atomic E-state index is 11.4. The molecule has 0 heterocycles. The normalized spacial score (nSPS) is 9.47. The van der Waals surface area contributed by atoms with Crippen molar-refractivity contribution in [3.63, 3.8) is 0 Å². The molecule has 0 aromatic heterocycles. The van der Waals surface area contributed by atoms with Crippen molar-refractivity contribution in [1.82, 2.24) is 5.32 Å². The summed E-state index contributed by atoms with van der Waals surface area (Å²) in [6, 6.07) is 6.53. The van der Waals surface area contributed by atoms with Crippen molar-refractivity contribution in [3.05, 3.63) is 29.3 Å². The fourth-order valence-corrected chi connectivity index (χ4v) is 1.45. The molecule has 2 N–H and O–H groups in total. The highest BCUT2D eigenvalue weighted by Crippen LogP contribution is 2.21. The number of nitrogens with zero attached hydrogens (tertiary/aromatic N) is 1. The standard InChI is InChI=1S/C13H14N2O4/c1-9-10(13(17)18)4-2-5-11(9)19-8-12(16)15-7-3-6-14/h2,4-5H,3,7-8H2,1H3,(H,15,16)(H,17,18). The Morgan fingerprint density at radius 3 is 2.84 bits per heavy atom. The smallest absolute Gasteiger partial charge is 0.336 e. The van der Waals surface area contributed by atoms with Gasteiger partial charge < -0.3 is 15.2 Å². The second-order valence-electron chi connectivity index (χ2n) is 3.78. The number of ether oxygens (including phenoxy) is 1. The lowest BCUT2D eigenvalue weighted by Gasteiger charge is -2.10. The fourth-order valence-electron chi connectivity index (χ4n) is 1.45. The van der Waals surface area contributed by atoms with Crippen molar-refractivity contribution in [2.45, 2.75) is 13.3 Å². The minimum atomic E-state index is -1.04. The van der Waals surface area contributed by atoms with E-state index in [1.54, 1.807) is 19.1 Å². The SMILES string of the molecule is Cc1c(OCC(=O)NCCC#N)cccc1C(=O)O. The molecule has 0 spiro atoms. The number of rotatable bonds is 6. The van der Waals surface area contributed by atoms with Gasteiger partial charge in [-0.05, 0) is 19.1 Å². The summed E-state index contributed by atoms with van der Waals surface area (Å²) in [6.07, 6.45) is 0.235. The molecular weight excluding hydrogens is 248 g/mol. The van der Waals surface area contributed by atoms with Gasteiger partial charge >= 0.3 is 5.97 Å². The second-order valence-corrected chi connectivity index (χ2v) is 3.78. The quantitative estimate of drug-likeness (QED) is 0.748. The van der Waals surface area contributed by atoms with Crippen LogP contribution < -0.4 is 10.1 Å². The third-order valence-electron chi connectivity index (χ3n) is 2.43. The highest BCUT2D eigenvalue weighted by atomic mass is 16.5. The lowest BCUT2D eigenvalue weighted by atomic mass is 10.1. The van der Waals surface area contributed by atoms with Gasteiger partial charge in [-0.25, -0.2) is 4.79 Å². The van der Waals surface area contributed by atoms with Gasteiger partial charge in [0.25, 0.3) is 5.91 Å². The molecule has 0 fully saturated rings. The zero-order valence-electron chi connectivity index (χ0n) is 10.5. The molecule has 1 aromatic carbocycles. The molecule has 0 saturated carbocycles. The molecule has 6 nitrogen and oxygen atoms in total. The number of nitriles is 1. The number of carbonyl (C=O) groups is 2. The Bertz CT molecular complexity index is 520. The topological polar surface area (TPSA) is 99.4 Å². The van der Waals surface area contributed by atoms with Crippen molar-refractivity contribution < 1.29 is 19.4 Å². The number of hydrogen-bond donors (Lipinski definition) is 2. The van der Waals surface area contributed by atoms with Gasteiger partial charge in [-0.15, -0.1) is 0 Å². The largest absolute Gasteiger partial charge is 0.483 e. The number of benzene rings is 1. The molecule has 0 atom stereocenters. The Morgan fingerprint density at radius 2 is 2.21 bits per heavy atom. The number of aromatic carboxylic acids is 1. The van der Waals surface area contributed by atoms with E-state index < -0.39 is 5.97 Å². The molecule has 19 heavy (non-hydrogen) atoms. The molecule has 0 radical (unpaired) electrons. The number of hydrogen-bond acceptors (Lipinski definition) is 4. The van der Waals surface area contributed by atoms with Crippen LogP contribution in [0.3, 0.4) is 0 Å². The maximum Gasteiger partial charge on any atom is 0.336 e. The van der Waals surface area contributed by atoms with E-state index in [-0.39, 0.29) is 31.0 Å². The number of carbonyl (C=O) groups excluding carboxylic acids is 1. The Hall–Kier alpha value is -2.55. The Kier molecular flexibility index (Phi) is 5.35. The van der Waals surface area contributed by atoms with E-state index in [1.807, 2.05) is 6.07 Å². The predicted molar refractivity (Wildman–Crippen MR) is 66.9 cm³/mol. The summed E-state index contributed by atoms with van der Waals surface area (Å²) in [5.74, 6) is -1.04. The number of carboxylic acids is 1. The first-order valence-electron chi connectivity index (χ1n) is 5.65. The summed E-state index contributed by atoms with van der Waals surface area (Å²) in [4.78, 5) is 22.3. The Labute approximate surface area is 110 Å². The number of amides is 1. The van der Waals surface area contributed by atoms with Crippen LogP contribution in [0.25, 0.3) is 0 Å². The van der Waals surface area contributed by atoms with E-state index in [9.17, 15) is 9.59 Å². The third-order valence-corrected chi connectivity index (χ3v) is 2.43. The minimum absolute atomic E-state index is 0.141. The molecular formula is C13H14N2O4. The zero-order chi connectivity index (χ0) is 14.3. The van der Waals surface area contributed by atoms with Crippen molar-refractivity contribution >= 4 is 11.9 Å². The first-order chi connectivity index (χ1) is 9.06. The van der Waals surface area contributed by atoms with E-state index >= 15 is 0 Å². The zero-order valence-corrected chi connectivity index (χ0v) is 10.5. The summed E-state index contributed by atoms with van der Waals surface area (Å²) in [5, 5.41) is 19.8. The Morgan fingerprint density at radius 1 is 1.47 bits per heavy atom. The molecule has 100 valence electrons. The maximum atomic E-state index is 11.4. The van der Waals surface area contributed by atoms with Crippen LogP contribution in [0.2, 0.25) is 0 Å². The van der Waals surface area contributed by atoms with Crippen LogP contribution in [0.1, 0.15) is 22.3 Å². The monoisotopic (exact) mass is 262 g/mol. The summed E-state index contributed by atoms with van der Waals surface area (Å²) in [7, 11) is 0. The molecule has 0 aliphatic heterocycles. The average Bonchev–Trinajstić information content (AvgIpc) is 2.37. The third kappa shape index (κ3) is 4.32. The van der Waals surface area contributed by atoms with Crippen LogP contribution in [-0.4, -0.2) is 30.1 Å². The Balaban J connectivity index is 2.59. The average molecular weight is 262 g/mol. The molecule has 1 rings (SSSR count). The summed E-state index contributed by atoms with van der Waals surface area (Å²) < 4.78 is 5.26. The van der Waals surface area contributed by atoms with Crippen molar-refractivity contribution in [2.24, 2.45) is 0 Å². The lowest BCUT2D eigenvalue weighted by molar-refractivity contribution is -0.123. The fraction of sp³-hybridized carbons (Fsp3) is 0.308. The number of carboxylic acid groups (broad SMARTS) is 1. The second kappa shape index (κ2) is 7.01. The highest BCUT2D eigenvalue weighted by molar-refractivity contribution is 5.90. The molecule has 0 aliphatic rings. The highest BCUT2D eigenvalue weighted by Gasteiger charge is 2.11. The summed E-state index contributed by atoms with van der Waals surface area (Å²) in [6.45, 7) is 1.68. The minimum Gasteiger partial charge on any atom is -0.483 e. The molecule has 0 saturated heterocycles. The first kappa shape index (κ1) is 14.5. The molecule has 1 amide bonds. The predicted octanol–water partition coefficient (Wildman–Crippen LogP) is 1.10. The van der Waals surface area contributed by atoms with E-state index in [4.69, 9.17) is 15.1 Å². The summed E-state index contributed by atoms with van der Waals surface area (Å²) >= 11 is 0. The molecule has 6 heteroatoms. The van der Waals surface area contributed by atoms with Crippen LogP contribution in [0.15, 0.2) is 18.2 Å². The van der Waals surface area contributed by atoms with Crippen molar-refractivity contribution in [2.75, 3.05) is 13.2 Å². The molecule has 1 aromatic rings. The van der Waals surface area contributed by atoms with Gasteiger partial charge in [-0.1, -0.05) is 6.07 Å². The van der Waals surface area contributed by atoms with Crippen LogP contribution in [0, 0.1) is 18.3 Å². The lowest BCUT2D eigenvalue weighted by Crippen LogP contribution is -2.29. The molecule has 0 aliphatic carbocycles. The van der Waals surface area contributed by atoms with Crippen LogP contribution in [-0.2, 0) is 4.79 Å². The molecule has 0 unspecified atom stereocenters.